The topological polar surface area (TPSA) is 0 Å². The minimum atomic E-state index is 0.0622. The molecule has 0 amide bonds. The first-order valence-corrected chi connectivity index (χ1v) is 5.86. The second-order valence-corrected chi connectivity index (χ2v) is 4.49. The second-order valence-electron chi connectivity index (χ2n) is 3.56. The Morgan fingerprint density at radius 3 is 2.40 bits per heavy atom. The minimum Gasteiger partial charge on any atom is -0.118 e. The van der Waals surface area contributed by atoms with Crippen LogP contribution < -0.4 is 0 Å². The van der Waals surface area contributed by atoms with Gasteiger partial charge in [0.25, 0.3) is 0 Å². The third-order valence-electron chi connectivity index (χ3n) is 2.60. The Morgan fingerprint density at radius 2 is 1.73 bits per heavy atom. The summed E-state index contributed by atoms with van der Waals surface area (Å²) in [5.41, 5.74) is 1.17. The van der Waals surface area contributed by atoms with Gasteiger partial charge in [-0.2, -0.15) is 0 Å². The van der Waals surface area contributed by atoms with Gasteiger partial charge in [-0.05, 0) is 23.4 Å². The largest absolute Gasteiger partial charge is 0.118 e. The Labute approximate surface area is 99.8 Å². The molecule has 2 aromatic carbocycles. The maximum atomic E-state index is 6.28. The molecule has 0 aliphatic rings. The first-order valence-electron chi connectivity index (χ1n) is 5.05. The second kappa shape index (κ2) is 4.42. The number of hydrogen-bond acceptors (Lipinski definition) is 0. The maximum absolute atomic E-state index is 6.28. The van der Waals surface area contributed by atoms with Crippen LogP contribution in [0.3, 0.4) is 0 Å². The number of rotatable bonds is 2. The van der Waals surface area contributed by atoms with Gasteiger partial charge < -0.3 is 0 Å². The van der Waals surface area contributed by atoms with Crippen molar-refractivity contribution in [3.63, 3.8) is 0 Å². The van der Waals surface area contributed by atoms with Crippen molar-refractivity contribution >= 4 is 34.0 Å². The Bertz CT molecular complexity index is 477. The lowest BCUT2D eigenvalue weighted by molar-refractivity contribution is 0.891. The van der Waals surface area contributed by atoms with Gasteiger partial charge in [0.05, 0.1) is 5.38 Å². The summed E-state index contributed by atoms with van der Waals surface area (Å²) in [6, 6.07) is 12.0. The number of halogens is 2. The number of fused-ring (bicyclic) bond motifs is 1. The highest BCUT2D eigenvalue weighted by atomic mass is 35.5. The van der Waals surface area contributed by atoms with Gasteiger partial charge in [-0.15, -0.1) is 11.6 Å². The first-order chi connectivity index (χ1) is 7.24. The molecule has 0 saturated heterocycles. The van der Waals surface area contributed by atoms with E-state index >= 15 is 0 Å². The van der Waals surface area contributed by atoms with E-state index in [0.29, 0.717) is 0 Å². The van der Waals surface area contributed by atoms with Gasteiger partial charge in [0.1, 0.15) is 0 Å². The molecule has 0 aromatic heterocycles. The number of hydrogen-bond donors (Lipinski definition) is 0. The number of benzene rings is 2. The average molecular weight is 239 g/mol. The summed E-state index contributed by atoms with van der Waals surface area (Å²) in [4.78, 5) is 0. The Hall–Kier alpha value is -0.720. The molecule has 2 rings (SSSR count). The van der Waals surface area contributed by atoms with Crippen molar-refractivity contribution in [2.75, 3.05) is 0 Å². The van der Waals surface area contributed by atoms with Gasteiger partial charge in [0.2, 0.25) is 0 Å². The van der Waals surface area contributed by atoms with E-state index < -0.39 is 0 Å². The van der Waals surface area contributed by atoms with Crippen LogP contribution in [0.25, 0.3) is 10.8 Å². The van der Waals surface area contributed by atoms with Crippen molar-refractivity contribution in [2.24, 2.45) is 0 Å². The molecule has 0 saturated carbocycles. The number of alkyl halides is 1. The summed E-state index contributed by atoms with van der Waals surface area (Å²) in [7, 11) is 0. The molecular weight excluding hydrogens is 227 g/mol. The highest BCUT2D eigenvalue weighted by Gasteiger charge is 2.10. The smallest absolute Gasteiger partial charge is 0.0588 e. The Morgan fingerprint density at radius 1 is 1.07 bits per heavy atom. The van der Waals surface area contributed by atoms with Crippen LogP contribution in [-0.2, 0) is 0 Å². The fourth-order valence-electron chi connectivity index (χ4n) is 1.78. The van der Waals surface area contributed by atoms with Crippen LogP contribution in [-0.4, -0.2) is 0 Å². The quantitative estimate of drug-likeness (QED) is 0.633. The molecule has 2 aromatic rings. The molecule has 0 heterocycles. The van der Waals surface area contributed by atoms with Crippen LogP contribution in [0.5, 0.6) is 0 Å². The molecular formula is C13H12Cl2. The van der Waals surface area contributed by atoms with Gasteiger partial charge >= 0.3 is 0 Å². The molecule has 0 N–H and O–H groups in total. The van der Waals surface area contributed by atoms with Crippen molar-refractivity contribution in [1.82, 2.24) is 0 Å². The fraction of sp³-hybridized carbons (Fsp3) is 0.231. The minimum absolute atomic E-state index is 0.0622. The monoisotopic (exact) mass is 238 g/mol. The van der Waals surface area contributed by atoms with Crippen LogP contribution in [0.1, 0.15) is 24.3 Å². The summed E-state index contributed by atoms with van der Waals surface area (Å²) in [6.45, 7) is 2.08. The molecule has 2 heteroatoms. The van der Waals surface area contributed by atoms with Gasteiger partial charge in [-0.1, -0.05) is 48.9 Å². The van der Waals surface area contributed by atoms with Crippen molar-refractivity contribution in [2.45, 2.75) is 18.7 Å². The molecule has 0 aliphatic heterocycles. The summed E-state index contributed by atoms with van der Waals surface area (Å²) in [6.07, 6.45) is 0.924. The Kier molecular flexibility index (Phi) is 3.18. The van der Waals surface area contributed by atoms with Gasteiger partial charge in [-0.3, -0.25) is 0 Å². The van der Waals surface area contributed by atoms with E-state index in [-0.39, 0.29) is 5.38 Å². The summed E-state index contributed by atoms with van der Waals surface area (Å²) >= 11 is 12.4. The molecule has 0 radical (unpaired) electrons. The Balaban J connectivity index is 2.71. The van der Waals surface area contributed by atoms with Gasteiger partial charge in [0, 0.05) is 10.4 Å². The fourth-order valence-corrected chi connectivity index (χ4v) is 2.20. The zero-order chi connectivity index (χ0) is 10.8. The molecule has 0 nitrogen and oxygen atoms in total. The molecule has 78 valence electrons. The molecule has 1 atom stereocenters. The SMILES string of the molecule is CCC(Cl)c1ccc(Cl)c2ccccc12. The summed E-state index contributed by atoms with van der Waals surface area (Å²) in [5.74, 6) is 0. The molecule has 0 aliphatic carbocycles. The normalized spacial score (nSPS) is 13.0. The van der Waals surface area contributed by atoms with Crippen LogP contribution in [0, 0.1) is 0 Å². The molecule has 0 fully saturated rings. The lowest BCUT2D eigenvalue weighted by Gasteiger charge is -2.11. The molecule has 0 spiro atoms. The lowest BCUT2D eigenvalue weighted by atomic mass is 10.0. The van der Waals surface area contributed by atoms with E-state index in [9.17, 15) is 0 Å². The average Bonchev–Trinajstić information content (AvgIpc) is 2.29. The van der Waals surface area contributed by atoms with Gasteiger partial charge in [-0.25, -0.2) is 0 Å². The highest BCUT2D eigenvalue weighted by molar-refractivity contribution is 6.35. The molecule has 1 unspecified atom stereocenters. The van der Waals surface area contributed by atoms with Crippen LogP contribution in [0.2, 0.25) is 5.02 Å². The summed E-state index contributed by atoms with van der Waals surface area (Å²) in [5, 5.41) is 3.09. The predicted molar refractivity (Wildman–Crippen MR) is 67.8 cm³/mol. The van der Waals surface area contributed by atoms with Crippen molar-refractivity contribution in [1.29, 1.82) is 0 Å². The summed E-state index contributed by atoms with van der Waals surface area (Å²) < 4.78 is 0. The van der Waals surface area contributed by atoms with E-state index in [1.54, 1.807) is 0 Å². The van der Waals surface area contributed by atoms with Crippen molar-refractivity contribution in [3.8, 4) is 0 Å². The predicted octanol–water partition coefficient (Wildman–Crippen LogP) is 5.18. The van der Waals surface area contributed by atoms with Crippen molar-refractivity contribution < 1.29 is 0 Å². The van der Waals surface area contributed by atoms with Crippen LogP contribution in [0.15, 0.2) is 36.4 Å². The highest BCUT2D eigenvalue weighted by Crippen LogP contribution is 2.33. The third-order valence-corrected chi connectivity index (χ3v) is 3.47. The zero-order valence-electron chi connectivity index (χ0n) is 8.50. The lowest BCUT2D eigenvalue weighted by Crippen LogP contribution is -1.90. The van der Waals surface area contributed by atoms with E-state index in [4.69, 9.17) is 23.2 Å². The molecule has 15 heavy (non-hydrogen) atoms. The van der Waals surface area contributed by atoms with Crippen LogP contribution >= 0.6 is 23.2 Å². The van der Waals surface area contributed by atoms with Crippen molar-refractivity contribution in [3.05, 3.63) is 47.0 Å². The van der Waals surface area contributed by atoms with Gasteiger partial charge in [0.15, 0.2) is 0 Å². The van der Waals surface area contributed by atoms with Crippen LogP contribution in [0.4, 0.5) is 0 Å². The first kappa shape index (κ1) is 10.8. The van der Waals surface area contributed by atoms with E-state index in [1.807, 2.05) is 30.3 Å². The van der Waals surface area contributed by atoms with E-state index in [0.717, 1.165) is 22.2 Å². The standard InChI is InChI=1S/C13H12Cl2/c1-2-12(14)11-7-8-13(15)10-6-4-3-5-9(10)11/h3-8,12H,2H2,1H3. The third kappa shape index (κ3) is 1.97. The van der Waals surface area contributed by atoms with E-state index in [2.05, 4.69) is 13.0 Å². The zero-order valence-corrected chi connectivity index (χ0v) is 10.0. The maximum Gasteiger partial charge on any atom is 0.0588 e. The molecule has 0 bridgehead atoms. The van der Waals surface area contributed by atoms with E-state index in [1.165, 1.54) is 5.56 Å².